The molecule has 0 bridgehead atoms. The van der Waals surface area contributed by atoms with Crippen LogP contribution in [-0.4, -0.2) is 18.0 Å². The number of primary amides is 1. The van der Waals surface area contributed by atoms with Gasteiger partial charge in [-0.2, -0.15) is 0 Å². The molecule has 1 amide bonds. The lowest BCUT2D eigenvalue weighted by Gasteiger charge is -2.28. The summed E-state index contributed by atoms with van der Waals surface area (Å²) in [7, 11) is 0. The van der Waals surface area contributed by atoms with Crippen molar-refractivity contribution in [3.8, 4) is 0 Å². The molecule has 0 aromatic carbocycles. The first-order chi connectivity index (χ1) is 6.73. The third-order valence-corrected chi connectivity index (χ3v) is 3.83. The molecule has 2 aliphatic rings. The third kappa shape index (κ3) is 1.78. The van der Waals surface area contributed by atoms with E-state index in [2.05, 4.69) is 5.32 Å². The quantitative estimate of drug-likeness (QED) is 0.712. The average molecular weight is 196 g/mol. The van der Waals surface area contributed by atoms with Gasteiger partial charge in [0.1, 0.15) is 0 Å². The van der Waals surface area contributed by atoms with Gasteiger partial charge in [0, 0.05) is 0 Å². The molecule has 0 spiro atoms. The van der Waals surface area contributed by atoms with Crippen LogP contribution in [0, 0.1) is 5.92 Å². The lowest BCUT2D eigenvalue weighted by Crippen LogP contribution is -2.52. The average Bonchev–Trinajstić information content (AvgIpc) is 2.76. The van der Waals surface area contributed by atoms with Crippen molar-refractivity contribution in [2.75, 3.05) is 6.54 Å². The van der Waals surface area contributed by atoms with Gasteiger partial charge in [0.05, 0.1) is 5.54 Å². The van der Waals surface area contributed by atoms with Crippen LogP contribution in [0.1, 0.15) is 44.9 Å². The van der Waals surface area contributed by atoms with E-state index in [4.69, 9.17) is 5.73 Å². The molecule has 1 heterocycles. The van der Waals surface area contributed by atoms with Gasteiger partial charge in [-0.25, -0.2) is 0 Å². The molecular formula is C11H20N2O. The second kappa shape index (κ2) is 3.89. The maximum Gasteiger partial charge on any atom is 0.237 e. The Labute approximate surface area is 85.4 Å². The molecule has 1 aliphatic carbocycles. The van der Waals surface area contributed by atoms with Gasteiger partial charge in [-0.3, -0.25) is 4.79 Å². The molecule has 1 saturated carbocycles. The summed E-state index contributed by atoms with van der Waals surface area (Å²) >= 11 is 0. The minimum absolute atomic E-state index is 0.137. The van der Waals surface area contributed by atoms with Crippen LogP contribution in [-0.2, 0) is 4.79 Å². The fourth-order valence-corrected chi connectivity index (χ4v) is 3.00. The number of rotatable bonds is 3. The molecule has 80 valence electrons. The molecule has 0 aromatic rings. The van der Waals surface area contributed by atoms with Crippen LogP contribution in [0.2, 0.25) is 0 Å². The summed E-state index contributed by atoms with van der Waals surface area (Å²) in [5.41, 5.74) is 5.16. The fourth-order valence-electron chi connectivity index (χ4n) is 3.00. The summed E-state index contributed by atoms with van der Waals surface area (Å²) in [4.78, 5) is 11.5. The summed E-state index contributed by atoms with van der Waals surface area (Å²) in [5, 5.41) is 3.32. The highest BCUT2D eigenvalue weighted by atomic mass is 16.1. The first kappa shape index (κ1) is 9.97. The van der Waals surface area contributed by atoms with Crippen molar-refractivity contribution in [1.29, 1.82) is 0 Å². The predicted octanol–water partition coefficient (Wildman–Crippen LogP) is 1.17. The number of carbonyl (C=O) groups is 1. The van der Waals surface area contributed by atoms with Crippen molar-refractivity contribution in [3.05, 3.63) is 0 Å². The maximum absolute atomic E-state index is 11.5. The minimum atomic E-state index is -0.352. The SMILES string of the molecule is NC(=O)C1(CC2CCCC2)CCCN1. The number of hydrogen-bond donors (Lipinski definition) is 2. The highest BCUT2D eigenvalue weighted by Gasteiger charge is 2.41. The molecule has 3 nitrogen and oxygen atoms in total. The van der Waals surface area contributed by atoms with E-state index < -0.39 is 0 Å². The minimum Gasteiger partial charge on any atom is -0.368 e. The molecule has 3 heteroatoms. The van der Waals surface area contributed by atoms with Crippen LogP contribution >= 0.6 is 0 Å². The molecule has 1 aliphatic heterocycles. The molecule has 0 radical (unpaired) electrons. The Bertz CT molecular complexity index is 215. The van der Waals surface area contributed by atoms with Crippen LogP contribution in [0.3, 0.4) is 0 Å². The van der Waals surface area contributed by atoms with E-state index >= 15 is 0 Å². The number of amides is 1. The number of hydrogen-bond acceptors (Lipinski definition) is 2. The monoisotopic (exact) mass is 196 g/mol. The van der Waals surface area contributed by atoms with Crippen molar-refractivity contribution >= 4 is 5.91 Å². The van der Waals surface area contributed by atoms with Crippen LogP contribution in [0.15, 0.2) is 0 Å². The van der Waals surface area contributed by atoms with Crippen LogP contribution in [0.25, 0.3) is 0 Å². The first-order valence-corrected chi connectivity index (χ1v) is 5.78. The Morgan fingerprint density at radius 1 is 1.36 bits per heavy atom. The molecule has 3 N–H and O–H groups in total. The Morgan fingerprint density at radius 2 is 2.07 bits per heavy atom. The first-order valence-electron chi connectivity index (χ1n) is 5.78. The van der Waals surface area contributed by atoms with Gasteiger partial charge in [0.25, 0.3) is 0 Å². The lowest BCUT2D eigenvalue weighted by atomic mass is 9.84. The second-order valence-electron chi connectivity index (χ2n) is 4.83. The zero-order valence-corrected chi connectivity index (χ0v) is 8.72. The Kier molecular flexibility index (Phi) is 2.77. The lowest BCUT2D eigenvalue weighted by molar-refractivity contribution is -0.124. The largest absolute Gasteiger partial charge is 0.368 e. The van der Waals surface area contributed by atoms with Crippen molar-refractivity contribution < 1.29 is 4.79 Å². The smallest absolute Gasteiger partial charge is 0.237 e. The van der Waals surface area contributed by atoms with E-state index in [0.29, 0.717) is 0 Å². The zero-order valence-electron chi connectivity index (χ0n) is 8.72. The number of carbonyl (C=O) groups excluding carboxylic acids is 1. The van der Waals surface area contributed by atoms with Gasteiger partial charge in [-0.15, -0.1) is 0 Å². The van der Waals surface area contributed by atoms with Gasteiger partial charge >= 0.3 is 0 Å². The van der Waals surface area contributed by atoms with Crippen LogP contribution < -0.4 is 11.1 Å². The summed E-state index contributed by atoms with van der Waals surface area (Å²) < 4.78 is 0. The molecule has 1 atom stereocenters. The van der Waals surface area contributed by atoms with Crippen molar-refractivity contribution in [3.63, 3.8) is 0 Å². The van der Waals surface area contributed by atoms with E-state index in [-0.39, 0.29) is 11.4 Å². The molecule has 1 saturated heterocycles. The van der Waals surface area contributed by atoms with Crippen molar-refractivity contribution in [1.82, 2.24) is 5.32 Å². The highest BCUT2D eigenvalue weighted by Crippen LogP contribution is 2.35. The normalized spacial score (nSPS) is 33.7. The van der Waals surface area contributed by atoms with E-state index in [9.17, 15) is 4.79 Å². The van der Waals surface area contributed by atoms with Gasteiger partial charge in [-0.05, 0) is 31.7 Å². The third-order valence-electron chi connectivity index (χ3n) is 3.83. The van der Waals surface area contributed by atoms with E-state index in [1.54, 1.807) is 0 Å². The van der Waals surface area contributed by atoms with Gasteiger partial charge < -0.3 is 11.1 Å². The summed E-state index contributed by atoms with van der Waals surface area (Å²) in [5.74, 6) is 0.593. The van der Waals surface area contributed by atoms with E-state index in [1.807, 2.05) is 0 Å². The summed E-state index contributed by atoms with van der Waals surface area (Å²) in [6, 6.07) is 0. The maximum atomic E-state index is 11.5. The highest BCUT2D eigenvalue weighted by molar-refractivity contribution is 5.85. The molecular weight excluding hydrogens is 176 g/mol. The zero-order chi connectivity index (χ0) is 10.0. The Hall–Kier alpha value is -0.570. The van der Waals surface area contributed by atoms with Crippen molar-refractivity contribution in [2.45, 2.75) is 50.5 Å². The Balaban J connectivity index is 1.99. The summed E-state index contributed by atoms with van der Waals surface area (Å²) in [6.07, 6.45) is 8.25. The van der Waals surface area contributed by atoms with Crippen molar-refractivity contribution in [2.24, 2.45) is 11.7 Å². The second-order valence-corrected chi connectivity index (χ2v) is 4.83. The Morgan fingerprint density at radius 3 is 2.57 bits per heavy atom. The van der Waals surface area contributed by atoms with E-state index in [0.717, 1.165) is 31.7 Å². The number of nitrogens with one attached hydrogen (secondary N) is 1. The number of nitrogens with two attached hydrogens (primary N) is 1. The molecule has 2 fully saturated rings. The van der Waals surface area contributed by atoms with Gasteiger partial charge in [-0.1, -0.05) is 25.7 Å². The van der Waals surface area contributed by atoms with E-state index in [1.165, 1.54) is 25.7 Å². The topological polar surface area (TPSA) is 55.1 Å². The predicted molar refractivity (Wildman–Crippen MR) is 55.7 cm³/mol. The molecule has 2 rings (SSSR count). The van der Waals surface area contributed by atoms with Gasteiger partial charge in [0.15, 0.2) is 0 Å². The molecule has 14 heavy (non-hydrogen) atoms. The molecule has 1 unspecified atom stereocenters. The fraction of sp³-hybridized carbons (Fsp3) is 0.909. The summed E-state index contributed by atoms with van der Waals surface area (Å²) in [6.45, 7) is 0.954. The van der Waals surface area contributed by atoms with Crippen LogP contribution in [0.5, 0.6) is 0 Å². The van der Waals surface area contributed by atoms with Crippen LogP contribution in [0.4, 0.5) is 0 Å². The molecule has 0 aromatic heterocycles. The standard InChI is InChI=1S/C11H20N2O/c12-10(14)11(6-3-7-13-11)8-9-4-1-2-5-9/h9,13H,1-8H2,(H2,12,14). The van der Waals surface area contributed by atoms with Gasteiger partial charge in [0.2, 0.25) is 5.91 Å².